The van der Waals surface area contributed by atoms with Gasteiger partial charge in [0.15, 0.2) is 6.61 Å². The van der Waals surface area contributed by atoms with Crippen LogP contribution in [0.3, 0.4) is 0 Å². The van der Waals surface area contributed by atoms with Crippen LogP contribution in [0.2, 0.25) is 0 Å². The van der Waals surface area contributed by atoms with E-state index in [0.29, 0.717) is 24.1 Å². The molecule has 0 aliphatic rings. The number of imide groups is 1. The third-order valence-electron chi connectivity index (χ3n) is 2.76. The largest absolute Gasteiger partial charge is 0.484 e. The Balaban J connectivity index is 1.77. The average Bonchev–Trinajstić information content (AvgIpc) is 3.06. The van der Waals surface area contributed by atoms with Crippen LogP contribution in [-0.2, 0) is 4.79 Å². The Morgan fingerprint density at radius 3 is 2.61 bits per heavy atom. The molecule has 0 aliphatic heterocycles. The van der Waals surface area contributed by atoms with Crippen LogP contribution in [-0.4, -0.2) is 35.3 Å². The summed E-state index contributed by atoms with van der Waals surface area (Å²) in [7, 11) is 0. The number of urea groups is 1. The maximum Gasteiger partial charge on any atom is 0.321 e. The Bertz CT molecular complexity index is 638. The molecule has 1 heterocycles. The van der Waals surface area contributed by atoms with Crippen molar-refractivity contribution in [2.45, 2.75) is 13.8 Å². The first-order chi connectivity index (χ1) is 11.0. The fourth-order valence-corrected chi connectivity index (χ4v) is 1.65. The maximum atomic E-state index is 11.6. The number of rotatable bonds is 6. The van der Waals surface area contributed by atoms with Crippen molar-refractivity contribution in [1.82, 2.24) is 20.8 Å². The Hall–Kier alpha value is -2.90. The Labute approximate surface area is 133 Å². The molecule has 0 unspecified atom stereocenters. The van der Waals surface area contributed by atoms with E-state index in [1.165, 1.54) is 6.39 Å². The number of hydrogen-bond donors (Lipinski definition) is 2. The van der Waals surface area contributed by atoms with Gasteiger partial charge in [0, 0.05) is 12.1 Å². The molecule has 2 aromatic rings. The maximum absolute atomic E-state index is 11.6. The van der Waals surface area contributed by atoms with E-state index in [-0.39, 0.29) is 6.61 Å². The summed E-state index contributed by atoms with van der Waals surface area (Å²) in [5, 5.41) is 12.2. The molecule has 0 atom stereocenters. The van der Waals surface area contributed by atoms with Crippen molar-refractivity contribution in [3.05, 3.63) is 30.7 Å². The van der Waals surface area contributed by atoms with Crippen molar-refractivity contribution in [3.8, 4) is 17.2 Å². The third kappa shape index (κ3) is 5.42. The smallest absolute Gasteiger partial charge is 0.321 e. The summed E-state index contributed by atoms with van der Waals surface area (Å²) in [4.78, 5) is 23.0. The van der Waals surface area contributed by atoms with Gasteiger partial charge in [0.05, 0.1) is 0 Å². The molecule has 3 amide bonds. The van der Waals surface area contributed by atoms with E-state index in [9.17, 15) is 9.59 Å². The van der Waals surface area contributed by atoms with E-state index < -0.39 is 11.9 Å². The van der Waals surface area contributed by atoms with Gasteiger partial charge in [-0.05, 0) is 30.2 Å². The highest BCUT2D eigenvalue weighted by Gasteiger charge is 2.09. The second kappa shape index (κ2) is 7.92. The summed E-state index contributed by atoms with van der Waals surface area (Å²) < 4.78 is 10.4. The highest BCUT2D eigenvalue weighted by molar-refractivity contribution is 5.94. The summed E-state index contributed by atoms with van der Waals surface area (Å²) in [6.45, 7) is 4.17. The van der Waals surface area contributed by atoms with Gasteiger partial charge < -0.3 is 14.5 Å². The minimum Gasteiger partial charge on any atom is -0.484 e. The van der Waals surface area contributed by atoms with Crippen LogP contribution in [0.4, 0.5) is 4.79 Å². The number of aromatic nitrogens is 2. The highest BCUT2D eigenvalue weighted by Crippen LogP contribution is 2.19. The molecule has 0 fully saturated rings. The monoisotopic (exact) mass is 318 g/mol. The zero-order valence-corrected chi connectivity index (χ0v) is 12.9. The number of carbonyl (C=O) groups excluding carboxylic acids is 2. The first-order valence-electron chi connectivity index (χ1n) is 7.11. The molecule has 0 aliphatic carbocycles. The number of ether oxygens (including phenoxy) is 1. The van der Waals surface area contributed by atoms with E-state index in [1.54, 1.807) is 24.3 Å². The van der Waals surface area contributed by atoms with Crippen molar-refractivity contribution < 1.29 is 18.7 Å². The summed E-state index contributed by atoms with van der Waals surface area (Å²) in [6, 6.07) is 6.28. The summed E-state index contributed by atoms with van der Waals surface area (Å²) in [5.74, 6) is 0.679. The first kappa shape index (κ1) is 16.5. The van der Waals surface area contributed by atoms with Gasteiger partial charge in [-0.25, -0.2) is 4.79 Å². The average molecular weight is 318 g/mol. The van der Waals surface area contributed by atoms with Crippen LogP contribution in [0.15, 0.2) is 35.1 Å². The Morgan fingerprint density at radius 2 is 2.00 bits per heavy atom. The van der Waals surface area contributed by atoms with Crippen molar-refractivity contribution >= 4 is 11.9 Å². The molecular formula is C15H18N4O4. The quantitative estimate of drug-likeness (QED) is 0.838. The van der Waals surface area contributed by atoms with Crippen LogP contribution in [0.1, 0.15) is 13.8 Å². The zero-order valence-electron chi connectivity index (χ0n) is 12.9. The summed E-state index contributed by atoms with van der Waals surface area (Å²) in [6.07, 6.45) is 1.24. The molecule has 23 heavy (non-hydrogen) atoms. The van der Waals surface area contributed by atoms with Gasteiger partial charge in [0.25, 0.3) is 5.91 Å². The van der Waals surface area contributed by atoms with Crippen molar-refractivity contribution in [2.75, 3.05) is 13.2 Å². The lowest BCUT2D eigenvalue weighted by molar-refractivity contribution is -0.122. The number of nitrogens with zero attached hydrogens (tertiary/aromatic N) is 2. The number of carbonyl (C=O) groups is 2. The van der Waals surface area contributed by atoms with Gasteiger partial charge in [-0.2, -0.15) is 0 Å². The number of amides is 3. The fourth-order valence-electron chi connectivity index (χ4n) is 1.65. The second-order valence-electron chi connectivity index (χ2n) is 5.21. The van der Waals surface area contributed by atoms with E-state index in [0.717, 1.165) is 5.56 Å². The number of benzene rings is 1. The second-order valence-corrected chi connectivity index (χ2v) is 5.21. The van der Waals surface area contributed by atoms with Crippen LogP contribution in [0, 0.1) is 5.92 Å². The lowest BCUT2D eigenvalue weighted by Crippen LogP contribution is -2.42. The zero-order chi connectivity index (χ0) is 16.7. The number of hydrogen-bond acceptors (Lipinski definition) is 6. The standard InChI is InChI=1S/C15H18N4O4/c1-10(2)7-16-15(21)18-13(20)8-22-12-5-3-11(4-6-12)14-19-17-9-23-14/h3-6,9-10H,7-8H2,1-2H3,(H2,16,18,20,21). The van der Waals surface area contributed by atoms with Gasteiger partial charge in [0.1, 0.15) is 5.75 Å². The molecular weight excluding hydrogens is 300 g/mol. The molecule has 8 nitrogen and oxygen atoms in total. The first-order valence-corrected chi connectivity index (χ1v) is 7.11. The van der Waals surface area contributed by atoms with E-state index in [1.807, 2.05) is 13.8 Å². The van der Waals surface area contributed by atoms with Crippen molar-refractivity contribution in [2.24, 2.45) is 5.92 Å². The topological polar surface area (TPSA) is 106 Å². The molecule has 0 saturated heterocycles. The molecule has 2 N–H and O–H groups in total. The van der Waals surface area contributed by atoms with Gasteiger partial charge in [0.2, 0.25) is 12.3 Å². The lowest BCUT2D eigenvalue weighted by atomic mass is 10.2. The molecule has 122 valence electrons. The molecule has 0 radical (unpaired) electrons. The van der Waals surface area contributed by atoms with Crippen LogP contribution in [0.25, 0.3) is 11.5 Å². The molecule has 1 aromatic carbocycles. The van der Waals surface area contributed by atoms with Crippen molar-refractivity contribution in [1.29, 1.82) is 0 Å². The summed E-state index contributed by atoms with van der Waals surface area (Å²) >= 11 is 0. The summed E-state index contributed by atoms with van der Waals surface area (Å²) in [5.41, 5.74) is 0.743. The van der Waals surface area contributed by atoms with Crippen LogP contribution >= 0.6 is 0 Å². The van der Waals surface area contributed by atoms with E-state index in [2.05, 4.69) is 20.8 Å². The van der Waals surface area contributed by atoms with Gasteiger partial charge in [-0.3, -0.25) is 10.1 Å². The molecule has 8 heteroatoms. The third-order valence-corrected chi connectivity index (χ3v) is 2.76. The molecule has 0 bridgehead atoms. The van der Waals surface area contributed by atoms with Crippen LogP contribution < -0.4 is 15.4 Å². The molecule has 1 aromatic heterocycles. The fraction of sp³-hybridized carbons (Fsp3) is 0.333. The number of nitrogens with one attached hydrogen (secondary N) is 2. The van der Waals surface area contributed by atoms with E-state index >= 15 is 0 Å². The Morgan fingerprint density at radius 1 is 1.26 bits per heavy atom. The van der Waals surface area contributed by atoms with Gasteiger partial charge >= 0.3 is 6.03 Å². The minimum absolute atomic E-state index is 0.255. The lowest BCUT2D eigenvalue weighted by Gasteiger charge is -2.09. The predicted octanol–water partition coefficient (Wildman–Crippen LogP) is 1.60. The predicted molar refractivity (Wildman–Crippen MR) is 81.6 cm³/mol. The molecule has 0 saturated carbocycles. The van der Waals surface area contributed by atoms with Gasteiger partial charge in [-0.1, -0.05) is 13.8 Å². The van der Waals surface area contributed by atoms with Crippen LogP contribution in [0.5, 0.6) is 5.75 Å². The molecule has 0 spiro atoms. The Kier molecular flexibility index (Phi) is 5.67. The van der Waals surface area contributed by atoms with Gasteiger partial charge in [-0.15, -0.1) is 10.2 Å². The molecule has 2 rings (SSSR count). The normalized spacial score (nSPS) is 10.4. The highest BCUT2D eigenvalue weighted by atomic mass is 16.5. The SMILES string of the molecule is CC(C)CNC(=O)NC(=O)COc1ccc(-c2nnco2)cc1. The minimum atomic E-state index is -0.529. The van der Waals surface area contributed by atoms with E-state index in [4.69, 9.17) is 9.15 Å². The van der Waals surface area contributed by atoms with Crippen molar-refractivity contribution in [3.63, 3.8) is 0 Å².